The van der Waals surface area contributed by atoms with Gasteiger partial charge in [0, 0.05) is 17.2 Å². The smallest absolute Gasteiger partial charge is 0.169 e. The highest BCUT2D eigenvalue weighted by Crippen LogP contribution is 2.27. The van der Waals surface area contributed by atoms with Crippen LogP contribution < -0.4 is 0 Å². The van der Waals surface area contributed by atoms with E-state index in [1.165, 1.54) is 5.56 Å². The fraction of sp³-hybridized carbons (Fsp3) is 0.222. The number of hydrogen-bond donors (Lipinski definition) is 0. The first-order valence-corrected chi connectivity index (χ1v) is 8.84. The molecule has 0 saturated heterocycles. The Morgan fingerprint density at radius 3 is 2.78 bits per heavy atom. The maximum Gasteiger partial charge on any atom is 0.169 e. The topological polar surface area (TPSA) is 41.6 Å². The number of aromatic nitrogens is 2. The number of nitriles is 1. The molecule has 0 aliphatic rings. The molecule has 0 radical (unpaired) electrons. The number of benzene rings is 2. The Morgan fingerprint density at radius 2 is 2.00 bits per heavy atom. The molecule has 0 bridgehead atoms. The summed E-state index contributed by atoms with van der Waals surface area (Å²) in [6, 6.07) is 18.4. The SMILES string of the molecule is N#CCCCSc1nc2cc(Cl)ccc2n1Cc1ccccc1. The number of fused-ring (bicyclic) bond motifs is 1. The Balaban J connectivity index is 1.93. The van der Waals surface area contributed by atoms with Crippen LogP contribution in [0.3, 0.4) is 0 Å². The summed E-state index contributed by atoms with van der Waals surface area (Å²) >= 11 is 7.79. The highest BCUT2D eigenvalue weighted by Gasteiger charge is 2.12. The molecular formula is C18H16ClN3S. The Labute approximate surface area is 144 Å². The quantitative estimate of drug-likeness (QED) is 0.461. The van der Waals surface area contributed by atoms with Crippen LogP contribution >= 0.6 is 23.4 Å². The molecule has 1 aromatic heterocycles. The second-order valence-corrected chi connectivity index (χ2v) is 6.71. The highest BCUT2D eigenvalue weighted by atomic mass is 35.5. The zero-order valence-corrected chi connectivity index (χ0v) is 14.1. The van der Waals surface area contributed by atoms with Gasteiger partial charge in [0.05, 0.1) is 23.6 Å². The summed E-state index contributed by atoms with van der Waals surface area (Å²) in [5.74, 6) is 0.888. The first-order chi connectivity index (χ1) is 11.3. The summed E-state index contributed by atoms with van der Waals surface area (Å²) in [6.45, 7) is 0.777. The van der Waals surface area contributed by atoms with Crippen LogP contribution in [-0.4, -0.2) is 15.3 Å². The van der Waals surface area contributed by atoms with Crippen molar-refractivity contribution < 1.29 is 0 Å². The lowest BCUT2D eigenvalue weighted by Crippen LogP contribution is -2.01. The molecule has 0 atom stereocenters. The summed E-state index contributed by atoms with van der Waals surface area (Å²) in [6.07, 6.45) is 1.45. The van der Waals surface area contributed by atoms with Gasteiger partial charge in [-0.15, -0.1) is 0 Å². The van der Waals surface area contributed by atoms with E-state index < -0.39 is 0 Å². The summed E-state index contributed by atoms with van der Waals surface area (Å²) in [7, 11) is 0. The number of unbranched alkanes of at least 4 members (excludes halogenated alkanes) is 1. The number of hydrogen-bond acceptors (Lipinski definition) is 3. The van der Waals surface area contributed by atoms with Gasteiger partial charge < -0.3 is 4.57 Å². The van der Waals surface area contributed by atoms with Gasteiger partial charge in [-0.1, -0.05) is 53.7 Å². The predicted molar refractivity (Wildman–Crippen MR) is 95.9 cm³/mol. The monoisotopic (exact) mass is 341 g/mol. The van der Waals surface area contributed by atoms with Crippen molar-refractivity contribution in [1.82, 2.24) is 9.55 Å². The van der Waals surface area contributed by atoms with Crippen molar-refractivity contribution in [3.05, 3.63) is 59.1 Å². The number of imidazole rings is 1. The number of halogens is 1. The van der Waals surface area contributed by atoms with E-state index in [-0.39, 0.29) is 0 Å². The molecule has 0 aliphatic heterocycles. The molecule has 1 heterocycles. The average molecular weight is 342 g/mol. The number of nitrogens with zero attached hydrogens (tertiary/aromatic N) is 3. The average Bonchev–Trinajstić information content (AvgIpc) is 2.89. The van der Waals surface area contributed by atoms with Gasteiger partial charge in [0.15, 0.2) is 5.16 Å². The maximum absolute atomic E-state index is 8.66. The molecule has 0 saturated carbocycles. The molecule has 0 unspecified atom stereocenters. The van der Waals surface area contributed by atoms with Crippen LogP contribution in [-0.2, 0) is 6.54 Å². The van der Waals surface area contributed by atoms with Crippen molar-refractivity contribution in [2.75, 3.05) is 5.75 Å². The van der Waals surface area contributed by atoms with E-state index in [2.05, 4.69) is 22.8 Å². The number of thioether (sulfide) groups is 1. The van der Waals surface area contributed by atoms with Crippen LogP contribution in [0.25, 0.3) is 11.0 Å². The minimum Gasteiger partial charge on any atom is -0.314 e. The van der Waals surface area contributed by atoms with Crippen LogP contribution in [0.15, 0.2) is 53.7 Å². The van der Waals surface area contributed by atoms with Gasteiger partial charge >= 0.3 is 0 Å². The minimum atomic E-state index is 0.581. The summed E-state index contributed by atoms with van der Waals surface area (Å²) < 4.78 is 2.22. The van der Waals surface area contributed by atoms with Crippen LogP contribution in [0.5, 0.6) is 0 Å². The van der Waals surface area contributed by atoms with E-state index in [0.29, 0.717) is 11.4 Å². The first-order valence-electron chi connectivity index (χ1n) is 7.47. The first kappa shape index (κ1) is 15.9. The lowest BCUT2D eigenvalue weighted by molar-refractivity contribution is 0.730. The van der Waals surface area contributed by atoms with Crippen molar-refractivity contribution in [3.8, 4) is 6.07 Å². The molecule has 0 spiro atoms. The van der Waals surface area contributed by atoms with Crippen LogP contribution in [0.4, 0.5) is 0 Å². The van der Waals surface area contributed by atoms with Gasteiger partial charge in [0.2, 0.25) is 0 Å². The fourth-order valence-electron chi connectivity index (χ4n) is 2.42. The molecule has 3 aromatic rings. The van der Waals surface area contributed by atoms with Gasteiger partial charge in [0.1, 0.15) is 0 Å². The van der Waals surface area contributed by atoms with E-state index in [1.807, 2.05) is 36.4 Å². The zero-order valence-electron chi connectivity index (χ0n) is 12.6. The largest absolute Gasteiger partial charge is 0.314 e. The Hall–Kier alpha value is -1.96. The van der Waals surface area contributed by atoms with Gasteiger partial charge in [-0.3, -0.25) is 0 Å². The predicted octanol–water partition coefficient (Wildman–Crippen LogP) is 5.13. The van der Waals surface area contributed by atoms with Gasteiger partial charge in [-0.2, -0.15) is 5.26 Å². The van der Waals surface area contributed by atoms with Gasteiger partial charge in [-0.05, 0) is 30.2 Å². The molecular weight excluding hydrogens is 326 g/mol. The van der Waals surface area contributed by atoms with Crippen molar-refractivity contribution in [2.45, 2.75) is 24.5 Å². The normalized spacial score (nSPS) is 10.8. The van der Waals surface area contributed by atoms with Crippen LogP contribution in [0, 0.1) is 11.3 Å². The Morgan fingerprint density at radius 1 is 1.17 bits per heavy atom. The van der Waals surface area contributed by atoms with E-state index in [1.54, 1.807) is 11.8 Å². The molecule has 0 fully saturated rings. The second kappa shape index (κ2) is 7.54. The minimum absolute atomic E-state index is 0.581. The standard InChI is InChI=1S/C18H16ClN3S/c19-15-8-9-17-16(12-15)21-18(23-11-5-4-10-20)22(17)13-14-6-2-1-3-7-14/h1-3,6-9,12H,4-5,11,13H2. The van der Waals surface area contributed by atoms with E-state index in [0.717, 1.165) is 34.9 Å². The van der Waals surface area contributed by atoms with E-state index >= 15 is 0 Å². The van der Waals surface area contributed by atoms with Gasteiger partial charge in [0.25, 0.3) is 0 Å². The van der Waals surface area contributed by atoms with E-state index in [4.69, 9.17) is 21.8 Å². The lowest BCUT2D eigenvalue weighted by atomic mass is 10.2. The molecule has 0 aliphatic carbocycles. The molecule has 3 nitrogen and oxygen atoms in total. The van der Waals surface area contributed by atoms with Crippen molar-refractivity contribution in [3.63, 3.8) is 0 Å². The fourth-order valence-corrected chi connectivity index (χ4v) is 3.54. The molecule has 3 rings (SSSR count). The zero-order chi connectivity index (χ0) is 16.1. The third kappa shape index (κ3) is 3.87. The van der Waals surface area contributed by atoms with Crippen molar-refractivity contribution >= 4 is 34.4 Å². The molecule has 0 amide bonds. The highest BCUT2D eigenvalue weighted by molar-refractivity contribution is 7.99. The van der Waals surface area contributed by atoms with Crippen molar-refractivity contribution in [2.24, 2.45) is 0 Å². The maximum atomic E-state index is 8.66. The summed E-state index contributed by atoms with van der Waals surface area (Å²) in [5.41, 5.74) is 3.23. The molecule has 0 N–H and O–H groups in total. The Kier molecular flexibility index (Phi) is 5.22. The summed E-state index contributed by atoms with van der Waals surface area (Å²) in [5, 5.41) is 10.3. The van der Waals surface area contributed by atoms with E-state index in [9.17, 15) is 0 Å². The van der Waals surface area contributed by atoms with Gasteiger partial charge in [-0.25, -0.2) is 4.98 Å². The second-order valence-electron chi connectivity index (χ2n) is 5.21. The lowest BCUT2D eigenvalue weighted by Gasteiger charge is -2.09. The van der Waals surface area contributed by atoms with Crippen molar-refractivity contribution in [1.29, 1.82) is 5.26 Å². The number of rotatable bonds is 6. The third-order valence-corrected chi connectivity index (χ3v) is 4.82. The molecule has 2 aromatic carbocycles. The van der Waals surface area contributed by atoms with Crippen LogP contribution in [0.1, 0.15) is 18.4 Å². The van der Waals surface area contributed by atoms with Crippen LogP contribution in [0.2, 0.25) is 5.02 Å². The molecule has 116 valence electrons. The molecule has 23 heavy (non-hydrogen) atoms. The summed E-state index contributed by atoms with van der Waals surface area (Å²) in [4.78, 5) is 4.73. The third-order valence-electron chi connectivity index (χ3n) is 3.52. The Bertz CT molecular complexity index is 837. The molecule has 5 heteroatoms.